The Morgan fingerprint density at radius 2 is 1.89 bits per heavy atom. The molecule has 3 atom stereocenters. The van der Waals surface area contributed by atoms with Crippen molar-refractivity contribution in [3.63, 3.8) is 0 Å². The molecule has 1 saturated carbocycles. The van der Waals surface area contributed by atoms with Crippen molar-refractivity contribution in [2.75, 3.05) is 0 Å². The van der Waals surface area contributed by atoms with Crippen molar-refractivity contribution < 1.29 is 5.32 Å². The lowest BCUT2D eigenvalue weighted by atomic mass is 9.74. The molecule has 1 aromatic carbocycles. The van der Waals surface area contributed by atoms with Gasteiger partial charge in [-0.1, -0.05) is 51.1 Å². The molecule has 0 aliphatic heterocycles. The maximum Gasteiger partial charge on any atom is 0.101 e. The van der Waals surface area contributed by atoms with Crippen LogP contribution in [0, 0.1) is 17.8 Å². The molecule has 100 valence electrons. The van der Waals surface area contributed by atoms with E-state index in [4.69, 9.17) is 0 Å². The summed E-state index contributed by atoms with van der Waals surface area (Å²) in [5.41, 5.74) is 1.46. The van der Waals surface area contributed by atoms with Crippen LogP contribution in [0.15, 0.2) is 30.3 Å². The van der Waals surface area contributed by atoms with Crippen LogP contribution in [0.5, 0.6) is 0 Å². The third-order valence-electron chi connectivity index (χ3n) is 4.57. The summed E-state index contributed by atoms with van der Waals surface area (Å²) in [4.78, 5) is 0. The largest absolute Gasteiger partial charge is 0.340 e. The normalized spacial score (nSPS) is 28.6. The predicted molar refractivity (Wildman–Crippen MR) is 77.2 cm³/mol. The minimum atomic E-state index is 0.828. The predicted octanol–water partition coefficient (Wildman–Crippen LogP) is 3.21. The summed E-state index contributed by atoms with van der Waals surface area (Å²) < 4.78 is 0. The molecule has 2 N–H and O–H groups in total. The van der Waals surface area contributed by atoms with Gasteiger partial charge in [0.15, 0.2) is 0 Å². The highest BCUT2D eigenvalue weighted by molar-refractivity contribution is 5.13. The Kier molecular flexibility index (Phi) is 4.82. The molecule has 2 rings (SSSR count). The molecule has 0 saturated heterocycles. The Bertz CT molecular complexity index is 344. The smallest absolute Gasteiger partial charge is 0.101 e. The highest BCUT2D eigenvalue weighted by Gasteiger charge is 2.32. The summed E-state index contributed by atoms with van der Waals surface area (Å²) in [6, 6.07) is 11.7. The molecule has 18 heavy (non-hydrogen) atoms. The molecule has 0 bridgehead atoms. The summed E-state index contributed by atoms with van der Waals surface area (Å²) in [7, 11) is 0. The summed E-state index contributed by atoms with van der Waals surface area (Å²) in [6.45, 7) is 8.34. The second kappa shape index (κ2) is 6.38. The van der Waals surface area contributed by atoms with E-state index in [9.17, 15) is 0 Å². The molecule has 0 heterocycles. The molecule has 1 fully saturated rings. The van der Waals surface area contributed by atoms with Crippen LogP contribution in [0.4, 0.5) is 0 Å². The van der Waals surface area contributed by atoms with E-state index in [-0.39, 0.29) is 0 Å². The Morgan fingerprint density at radius 3 is 2.56 bits per heavy atom. The minimum Gasteiger partial charge on any atom is -0.340 e. The molecule has 0 aromatic heterocycles. The van der Waals surface area contributed by atoms with Gasteiger partial charge in [0.1, 0.15) is 6.54 Å². The number of quaternary nitrogens is 1. The van der Waals surface area contributed by atoms with Crippen molar-refractivity contribution in [2.45, 2.75) is 52.6 Å². The number of hydrogen-bond acceptors (Lipinski definition) is 0. The van der Waals surface area contributed by atoms with Crippen LogP contribution in [0.3, 0.4) is 0 Å². The maximum absolute atomic E-state index is 2.59. The van der Waals surface area contributed by atoms with E-state index in [0.29, 0.717) is 0 Å². The Hall–Kier alpha value is -0.820. The van der Waals surface area contributed by atoms with Gasteiger partial charge in [-0.25, -0.2) is 0 Å². The van der Waals surface area contributed by atoms with E-state index in [1.807, 2.05) is 0 Å². The zero-order valence-electron chi connectivity index (χ0n) is 12.1. The molecular formula is C17H28N+. The van der Waals surface area contributed by atoms with E-state index >= 15 is 0 Å². The third-order valence-corrected chi connectivity index (χ3v) is 4.57. The van der Waals surface area contributed by atoms with Gasteiger partial charge in [-0.3, -0.25) is 0 Å². The van der Waals surface area contributed by atoms with E-state index < -0.39 is 0 Å². The fraction of sp³-hybridized carbons (Fsp3) is 0.647. The third kappa shape index (κ3) is 3.58. The van der Waals surface area contributed by atoms with Crippen molar-refractivity contribution in [3.8, 4) is 0 Å². The number of benzene rings is 1. The van der Waals surface area contributed by atoms with Gasteiger partial charge in [0, 0.05) is 17.9 Å². The van der Waals surface area contributed by atoms with E-state index in [1.54, 1.807) is 0 Å². The second-order valence-electron chi connectivity index (χ2n) is 6.42. The zero-order valence-corrected chi connectivity index (χ0v) is 12.1. The quantitative estimate of drug-likeness (QED) is 0.840. The van der Waals surface area contributed by atoms with Crippen LogP contribution in [-0.2, 0) is 6.54 Å². The van der Waals surface area contributed by atoms with Crippen molar-refractivity contribution in [1.82, 2.24) is 0 Å². The topological polar surface area (TPSA) is 16.6 Å². The minimum absolute atomic E-state index is 0.828. The molecule has 1 aromatic rings. The van der Waals surface area contributed by atoms with Gasteiger partial charge in [0.05, 0.1) is 6.04 Å². The molecule has 0 radical (unpaired) electrons. The fourth-order valence-corrected chi connectivity index (χ4v) is 3.45. The molecule has 0 unspecified atom stereocenters. The van der Waals surface area contributed by atoms with Crippen LogP contribution in [0.2, 0.25) is 0 Å². The number of nitrogens with two attached hydrogens (primary N) is 1. The lowest BCUT2D eigenvalue weighted by Gasteiger charge is -2.35. The number of hydrogen-bond donors (Lipinski definition) is 1. The summed E-state index contributed by atoms with van der Waals surface area (Å²) >= 11 is 0. The molecule has 0 amide bonds. The summed E-state index contributed by atoms with van der Waals surface area (Å²) in [5.74, 6) is 2.65. The number of rotatable bonds is 4. The van der Waals surface area contributed by atoms with Crippen LogP contribution >= 0.6 is 0 Å². The van der Waals surface area contributed by atoms with Crippen molar-refractivity contribution in [3.05, 3.63) is 35.9 Å². The molecule has 1 nitrogen and oxygen atoms in total. The molecule has 1 aliphatic rings. The van der Waals surface area contributed by atoms with Gasteiger partial charge in [0.2, 0.25) is 0 Å². The first-order chi connectivity index (χ1) is 8.66. The average Bonchev–Trinajstić information content (AvgIpc) is 2.37. The van der Waals surface area contributed by atoms with Gasteiger partial charge in [-0.05, 0) is 24.7 Å². The molecular weight excluding hydrogens is 218 g/mol. The fourth-order valence-electron chi connectivity index (χ4n) is 3.45. The van der Waals surface area contributed by atoms with E-state index in [2.05, 4.69) is 56.4 Å². The van der Waals surface area contributed by atoms with Crippen LogP contribution in [-0.4, -0.2) is 6.04 Å². The zero-order chi connectivity index (χ0) is 13.0. The van der Waals surface area contributed by atoms with Gasteiger partial charge >= 0.3 is 0 Å². The summed E-state index contributed by atoms with van der Waals surface area (Å²) in [6.07, 6.45) is 4.25. The lowest BCUT2D eigenvalue weighted by Crippen LogP contribution is -2.91. The Balaban J connectivity index is 1.92. The van der Waals surface area contributed by atoms with Crippen molar-refractivity contribution in [1.29, 1.82) is 0 Å². The second-order valence-corrected chi connectivity index (χ2v) is 6.42. The first-order valence-electron chi connectivity index (χ1n) is 7.54. The highest BCUT2D eigenvalue weighted by Crippen LogP contribution is 2.31. The van der Waals surface area contributed by atoms with Crippen molar-refractivity contribution >= 4 is 0 Å². The first kappa shape index (κ1) is 13.6. The lowest BCUT2D eigenvalue weighted by molar-refractivity contribution is -0.715. The first-order valence-corrected chi connectivity index (χ1v) is 7.54. The van der Waals surface area contributed by atoms with Crippen LogP contribution < -0.4 is 5.32 Å². The Morgan fingerprint density at radius 1 is 1.17 bits per heavy atom. The molecule has 1 heteroatoms. The Labute approximate surface area is 112 Å². The van der Waals surface area contributed by atoms with Gasteiger partial charge in [-0.15, -0.1) is 0 Å². The van der Waals surface area contributed by atoms with Crippen molar-refractivity contribution in [2.24, 2.45) is 17.8 Å². The molecule has 0 spiro atoms. The highest BCUT2D eigenvalue weighted by atomic mass is 14.9. The maximum atomic E-state index is 2.59. The standard InChI is InChI=1S/C17H27N/c1-13(2)16-10-9-14(3)11-17(16)18-12-15-7-5-4-6-8-15/h4-8,13-14,16-18H,9-12H2,1-3H3/p+1/t14-,16+,17-/m1/s1. The van der Waals surface area contributed by atoms with Crippen LogP contribution in [0.25, 0.3) is 0 Å². The van der Waals surface area contributed by atoms with Gasteiger partial charge < -0.3 is 5.32 Å². The average molecular weight is 246 g/mol. The van der Waals surface area contributed by atoms with E-state index in [0.717, 1.165) is 30.3 Å². The SMILES string of the molecule is CC(C)[C@@H]1CC[C@@H](C)C[C@H]1[NH2+]Cc1ccccc1. The summed E-state index contributed by atoms with van der Waals surface area (Å²) in [5, 5.41) is 2.59. The van der Waals surface area contributed by atoms with E-state index in [1.165, 1.54) is 24.8 Å². The van der Waals surface area contributed by atoms with Gasteiger partial charge in [0.25, 0.3) is 0 Å². The monoisotopic (exact) mass is 246 g/mol. The molecule has 1 aliphatic carbocycles. The van der Waals surface area contributed by atoms with Crippen LogP contribution in [0.1, 0.15) is 45.6 Å². The van der Waals surface area contributed by atoms with Gasteiger partial charge in [-0.2, -0.15) is 0 Å².